The molecule has 5 heteroatoms. The normalized spacial score (nSPS) is 30.6. The molecule has 1 aromatic carbocycles. The monoisotopic (exact) mass is 322 g/mol. The minimum atomic E-state index is -0.743. The van der Waals surface area contributed by atoms with Gasteiger partial charge in [-0.15, -0.1) is 0 Å². The molecule has 2 aliphatic rings. The average Bonchev–Trinajstić information content (AvgIpc) is 2.53. The van der Waals surface area contributed by atoms with E-state index >= 15 is 0 Å². The summed E-state index contributed by atoms with van der Waals surface area (Å²) in [6, 6.07) is 5.31. The van der Waals surface area contributed by atoms with Gasteiger partial charge in [0.2, 0.25) is 0 Å². The van der Waals surface area contributed by atoms with Crippen molar-refractivity contribution in [2.24, 2.45) is 5.92 Å². The van der Waals surface area contributed by atoms with E-state index in [0.29, 0.717) is 17.1 Å². The van der Waals surface area contributed by atoms with Gasteiger partial charge in [0, 0.05) is 38.8 Å². The Morgan fingerprint density at radius 3 is 2.09 bits per heavy atom. The minimum Gasteiger partial charge on any atom is -0.497 e. The summed E-state index contributed by atoms with van der Waals surface area (Å²) in [4.78, 5) is 12.9. The quantitative estimate of drug-likeness (QED) is 0.800. The van der Waals surface area contributed by atoms with E-state index in [1.165, 1.54) is 0 Å². The highest BCUT2D eigenvalue weighted by Gasteiger charge is 2.40. The van der Waals surface area contributed by atoms with Crippen molar-refractivity contribution in [1.82, 2.24) is 0 Å². The van der Waals surface area contributed by atoms with Crippen LogP contribution in [0.1, 0.15) is 42.5 Å². The van der Waals surface area contributed by atoms with Crippen molar-refractivity contribution < 1.29 is 18.5 Å². The second-order valence-corrected chi connectivity index (χ2v) is 8.13. The third-order valence-corrected chi connectivity index (χ3v) is 6.98. The third-order valence-electron chi connectivity index (χ3n) is 4.81. The first-order chi connectivity index (χ1) is 10.6. The van der Waals surface area contributed by atoms with Crippen molar-refractivity contribution in [3.8, 4) is 11.5 Å². The number of fused-ring (bicyclic) bond motifs is 2. The number of carbonyl (C=O) groups excluding carboxylic acids is 1. The molecule has 120 valence electrons. The highest BCUT2D eigenvalue weighted by atomic mass is 32.2. The third kappa shape index (κ3) is 2.91. The number of carbonyl (C=O) groups is 1. The molecule has 22 heavy (non-hydrogen) atoms. The van der Waals surface area contributed by atoms with Crippen molar-refractivity contribution in [1.29, 1.82) is 0 Å². The predicted molar refractivity (Wildman–Crippen MR) is 86.2 cm³/mol. The first-order valence-corrected chi connectivity index (χ1v) is 9.06. The summed E-state index contributed by atoms with van der Waals surface area (Å²) in [5.74, 6) is 1.36. The van der Waals surface area contributed by atoms with Gasteiger partial charge in [-0.2, -0.15) is 0 Å². The van der Waals surface area contributed by atoms with Gasteiger partial charge in [-0.3, -0.25) is 9.00 Å². The zero-order valence-corrected chi connectivity index (χ0v) is 13.9. The molecule has 2 unspecified atom stereocenters. The van der Waals surface area contributed by atoms with E-state index in [4.69, 9.17) is 9.47 Å². The van der Waals surface area contributed by atoms with Gasteiger partial charge in [0.25, 0.3) is 0 Å². The maximum absolute atomic E-state index is 12.9. The molecule has 2 atom stereocenters. The van der Waals surface area contributed by atoms with E-state index < -0.39 is 10.8 Å². The van der Waals surface area contributed by atoms with E-state index in [0.717, 1.165) is 32.1 Å². The summed E-state index contributed by atoms with van der Waals surface area (Å²) in [5.41, 5.74) is 0.631. The molecule has 2 fully saturated rings. The molecule has 0 N–H and O–H groups in total. The van der Waals surface area contributed by atoms with Crippen LogP contribution in [0.4, 0.5) is 0 Å². The Hall–Kier alpha value is -1.36. The van der Waals surface area contributed by atoms with E-state index in [1.807, 2.05) is 0 Å². The maximum atomic E-state index is 12.9. The molecule has 2 aliphatic heterocycles. The maximum Gasteiger partial charge on any atom is 0.166 e. The topological polar surface area (TPSA) is 52.6 Å². The van der Waals surface area contributed by atoms with Crippen LogP contribution in [0, 0.1) is 5.92 Å². The van der Waals surface area contributed by atoms with Crippen molar-refractivity contribution in [3.05, 3.63) is 23.8 Å². The largest absolute Gasteiger partial charge is 0.497 e. The van der Waals surface area contributed by atoms with Crippen molar-refractivity contribution in [2.75, 3.05) is 14.2 Å². The molecule has 0 saturated carbocycles. The second kappa shape index (κ2) is 6.41. The summed E-state index contributed by atoms with van der Waals surface area (Å²) >= 11 is 0. The van der Waals surface area contributed by atoms with Crippen molar-refractivity contribution in [3.63, 3.8) is 0 Å². The van der Waals surface area contributed by atoms with Crippen LogP contribution in [0.25, 0.3) is 0 Å². The van der Waals surface area contributed by atoms with E-state index in [2.05, 4.69) is 0 Å². The van der Waals surface area contributed by atoms with Crippen molar-refractivity contribution in [2.45, 2.75) is 42.6 Å². The van der Waals surface area contributed by atoms with Crippen LogP contribution in [0.2, 0.25) is 0 Å². The van der Waals surface area contributed by atoms with Gasteiger partial charge in [-0.05, 0) is 37.8 Å². The average molecular weight is 322 g/mol. The number of methoxy groups -OCH3 is 2. The molecule has 0 amide bonds. The van der Waals surface area contributed by atoms with Gasteiger partial charge in [-0.25, -0.2) is 0 Å². The van der Waals surface area contributed by atoms with E-state index in [1.54, 1.807) is 32.4 Å². The summed E-state index contributed by atoms with van der Waals surface area (Å²) < 4.78 is 22.8. The molecular formula is C17H22O4S. The molecule has 0 aromatic heterocycles. The fourth-order valence-electron chi connectivity index (χ4n) is 3.63. The Morgan fingerprint density at radius 1 is 1.05 bits per heavy atom. The molecule has 0 radical (unpaired) electrons. The lowest BCUT2D eigenvalue weighted by Crippen LogP contribution is -2.41. The van der Waals surface area contributed by atoms with Crippen LogP contribution >= 0.6 is 0 Å². The lowest BCUT2D eigenvalue weighted by molar-refractivity contribution is 0.0894. The SMILES string of the molecule is COc1cc(OC)cc(C(=O)C2CC3CCCC(C2)S3=O)c1. The Bertz CT molecular complexity index is 560. The van der Waals surface area contributed by atoms with Gasteiger partial charge in [0.15, 0.2) is 5.78 Å². The number of benzene rings is 1. The van der Waals surface area contributed by atoms with Crippen LogP contribution < -0.4 is 9.47 Å². The van der Waals surface area contributed by atoms with E-state index in [9.17, 15) is 9.00 Å². The zero-order valence-electron chi connectivity index (χ0n) is 13.0. The molecule has 2 bridgehead atoms. The number of Topliss-reactive ketones (excluding diaryl/α,β-unsaturated/α-hetero) is 1. The summed E-state index contributed by atoms with van der Waals surface area (Å²) in [5, 5.41) is 0.405. The van der Waals surface area contributed by atoms with Gasteiger partial charge in [0.05, 0.1) is 14.2 Å². The number of ether oxygens (including phenoxy) is 2. The molecule has 2 saturated heterocycles. The van der Waals surface area contributed by atoms with Gasteiger partial charge in [-0.1, -0.05) is 6.42 Å². The number of ketones is 1. The van der Waals surface area contributed by atoms with E-state index in [-0.39, 0.29) is 22.2 Å². The van der Waals surface area contributed by atoms with Gasteiger partial charge < -0.3 is 9.47 Å². The fraction of sp³-hybridized carbons (Fsp3) is 0.588. The molecule has 2 heterocycles. The smallest absolute Gasteiger partial charge is 0.166 e. The standard InChI is InChI=1S/C17H22O4S/c1-20-13-6-11(7-14(10-13)21-2)17(18)12-8-15-4-3-5-16(9-12)22(15)19/h6-7,10,12,15-16H,3-5,8-9H2,1-2H3. The molecular weight excluding hydrogens is 300 g/mol. The second-order valence-electron chi connectivity index (χ2n) is 6.14. The molecule has 0 aliphatic carbocycles. The van der Waals surface area contributed by atoms with Crippen LogP contribution in [0.15, 0.2) is 18.2 Å². The molecule has 1 aromatic rings. The van der Waals surface area contributed by atoms with Crippen LogP contribution in [-0.2, 0) is 10.8 Å². The lowest BCUT2D eigenvalue weighted by Gasteiger charge is -2.37. The Kier molecular flexibility index (Phi) is 4.52. The Morgan fingerprint density at radius 2 is 1.59 bits per heavy atom. The van der Waals surface area contributed by atoms with Crippen LogP contribution in [0.5, 0.6) is 11.5 Å². The number of hydrogen-bond donors (Lipinski definition) is 0. The van der Waals surface area contributed by atoms with Gasteiger partial charge >= 0.3 is 0 Å². The first-order valence-electron chi connectivity index (χ1n) is 7.79. The Labute approximate surface area is 133 Å². The van der Waals surface area contributed by atoms with Crippen LogP contribution in [-0.4, -0.2) is 34.7 Å². The summed E-state index contributed by atoms with van der Waals surface area (Å²) in [7, 11) is 2.42. The highest BCUT2D eigenvalue weighted by molar-refractivity contribution is 7.86. The number of hydrogen-bond acceptors (Lipinski definition) is 4. The zero-order chi connectivity index (χ0) is 15.7. The lowest BCUT2D eigenvalue weighted by atomic mass is 9.84. The number of rotatable bonds is 4. The fourth-order valence-corrected chi connectivity index (χ4v) is 5.82. The molecule has 3 rings (SSSR count). The Balaban J connectivity index is 1.83. The molecule has 0 spiro atoms. The highest BCUT2D eigenvalue weighted by Crippen LogP contribution is 2.38. The predicted octanol–water partition coefficient (Wildman–Crippen LogP) is 2.97. The van der Waals surface area contributed by atoms with Gasteiger partial charge in [0.1, 0.15) is 11.5 Å². The molecule has 4 nitrogen and oxygen atoms in total. The van der Waals surface area contributed by atoms with Crippen LogP contribution in [0.3, 0.4) is 0 Å². The van der Waals surface area contributed by atoms with Crippen molar-refractivity contribution >= 4 is 16.6 Å². The summed E-state index contributed by atoms with van der Waals surface area (Å²) in [6.07, 6.45) is 4.64. The first kappa shape index (κ1) is 15.5. The minimum absolute atomic E-state index is 0.0233. The summed E-state index contributed by atoms with van der Waals surface area (Å²) in [6.45, 7) is 0.